The van der Waals surface area contributed by atoms with Gasteiger partial charge in [-0.3, -0.25) is 9.59 Å². The third-order valence-corrected chi connectivity index (χ3v) is 8.12. The van der Waals surface area contributed by atoms with Crippen molar-refractivity contribution in [3.8, 4) is 5.75 Å². The Morgan fingerprint density at radius 1 is 1.13 bits per heavy atom. The van der Waals surface area contributed by atoms with Gasteiger partial charge in [0.1, 0.15) is 10.8 Å². The van der Waals surface area contributed by atoms with Crippen LogP contribution in [0.2, 0.25) is 5.02 Å². The lowest BCUT2D eigenvalue weighted by molar-refractivity contribution is -0.122. The van der Waals surface area contributed by atoms with Crippen LogP contribution in [0, 0.1) is 12.8 Å². The first-order valence-electron chi connectivity index (χ1n) is 12.6. The quantitative estimate of drug-likeness (QED) is 0.303. The molecule has 2 atom stereocenters. The molecule has 0 spiro atoms. The first-order valence-corrected chi connectivity index (χ1v) is 13.8. The number of amides is 2. The highest BCUT2D eigenvalue weighted by molar-refractivity contribution is 7.17. The largest absolute Gasteiger partial charge is 0.481 e. The molecular weight excluding hydrogens is 524 g/mol. The summed E-state index contributed by atoms with van der Waals surface area (Å²) in [6.45, 7) is 7.70. The SMILES string of the molecule is CCOC(=O)c1c(NC(=O)c2ccc(OC(C)C(=O)Nc3cccc(Cl)c3C)cc2)sc2c1CCC(C)C2. The maximum Gasteiger partial charge on any atom is 0.341 e. The monoisotopic (exact) mass is 554 g/mol. The lowest BCUT2D eigenvalue weighted by Gasteiger charge is -2.18. The highest BCUT2D eigenvalue weighted by Crippen LogP contribution is 2.40. The van der Waals surface area contributed by atoms with Gasteiger partial charge in [0.2, 0.25) is 0 Å². The number of benzene rings is 2. The minimum atomic E-state index is -0.778. The predicted molar refractivity (Wildman–Crippen MR) is 151 cm³/mol. The number of anilines is 2. The molecule has 1 aliphatic rings. The average Bonchev–Trinajstić information content (AvgIpc) is 3.24. The fraction of sp³-hybridized carbons (Fsp3) is 0.345. The Hall–Kier alpha value is -3.36. The zero-order valence-corrected chi connectivity index (χ0v) is 23.4. The van der Waals surface area contributed by atoms with Crippen molar-refractivity contribution >= 4 is 51.4 Å². The third-order valence-electron chi connectivity index (χ3n) is 6.54. The minimum Gasteiger partial charge on any atom is -0.481 e. The molecule has 3 aromatic rings. The minimum absolute atomic E-state index is 0.268. The highest BCUT2D eigenvalue weighted by atomic mass is 35.5. The van der Waals surface area contributed by atoms with Crippen molar-refractivity contribution in [3.05, 3.63) is 74.6 Å². The molecule has 1 aliphatic carbocycles. The molecule has 9 heteroatoms. The number of esters is 1. The normalized spacial score (nSPS) is 15.2. The van der Waals surface area contributed by atoms with Crippen molar-refractivity contribution in [2.75, 3.05) is 17.2 Å². The number of carbonyl (C=O) groups excluding carboxylic acids is 3. The number of rotatable bonds is 8. The maximum absolute atomic E-state index is 13.1. The van der Waals surface area contributed by atoms with Gasteiger partial charge in [0.05, 0.1) is 12.2 Å². The number of fused-ring (bicyclic) bond motifs is 1. The molecule has 2 unspecified atom stereocenters. The summed E-state index contributed by atoms with van der Waals surface area (Å²) in [5.41, 5.74) is 3.26. The van der Waals surface area contributed by atoms with Gasteiger partial charge in [-0.25, -0.2) is 4.79 Å². The Morgan fingerprint density at radius 3 is 2.58 bits per heavy atom. The van der Waals surface area contributed by atoms with Crippen molar-refractivity contribution in [2.24, 2.45) is 5.92 Å². The summed E-state index contributed by atoms with van der Waals surface area (Å²) < 4.78 is 11.1. The second-order valence-corrected chi connectivity index (χ2v) is 10.9. The molecule has 4 rings (SSSR count). The standard InChI is InChI=1S/C29H31ClN2O5S/c1-5-36-29(35)25-21-14-9-16(2)15-24(21)38-28(25)32-27(34)19-10-12-20(13-11-19)37-18(4)26(33)31-23-8-6-7-22(30)17(23)3/h6-8,10-13,16,18H,5,9,14-15H2,1-4H3,(H,31,33)(H,32,34). The number of thiophene rings is 1. The smallest absolute Gasteiger partial charge is 0.341 e. The van der Waals surface area contributed by atoms with Gasteiger partial charge in [-0.2, -0.15) is 0 Å². The van der Waals surface area contributed by atoms with Gasteiger partial charge in [0.25, 0.3) is 11.8 Å². The van der Waals surface area contributed by atoms with Gasteiger partial charge in [-0.15, -0.1) is 11.3 Å². The van der Waals surface area contributed by atoms with E-state index < -0.39 is 12.1 Å². The van der Waals surface area contributed by atoms with Crippen LogP contribution in [0.3, 0.4) is 0 Å². The van der Waals surface area contributed by atoms with Crippen molar-refractivity contribution in [3.63, 3.8) is 0 Å². The van der Waals surface area contributed by atoms with Gasteiger partial charge in [0, 0.05) is 21.2 Å². The molecule has 2 aromatic carbocycles. The van der Waals surface area contributed by atoms with Crippen LogP contribution in [-0.4, -0.2) is 30.5 Å². The molecule has 38 heavy (non-hydrogen) atoms. The number of halogens is 1. The number of nitrogens with one attached hydrogen (secondary N) is 2. The first-order chi connectivity index (χ1) is 18.2. The summed E-state index contributed by atoms with van der Waals surface area (Å²) in [6, 6.07) is 11.8. The van der Waals surface area contributed by atoms with E-state index in [1.807, 2.05) is 6.92 Å². The molecule has 0 radical (unpaired) electrons. The molecule has 0 saturated carbocycles. The highest BCUT2D eigenvalue weighted by Gasteiger charge is 2.29. The van der Waals surface area contributed by atoms with E-state index >= 15 is 0 Å². The van der Waals surface area contributed by atoms with Gasteiger partial charge in [-0.05, 0) is 93.5 Å². The molecule has 1 heterocycles. The van der Waals surface area contributed by atoms with Crippen molar-refractivity contribution in [1.82, 2.24) is 0 Å². The van der Waals surface area contributed by atoms with Gasteiger partial charge in [-0.1, -0.05) is 24.6 Å². The topological polar surface area (TPSA) is 93.7 Å². The summed E-state index contributed by atoms with van der Waals surface area (Å²) in [7, 11) is 0. The molecule has 0 bridgehead atoms. The van der Waals surface area contributed by atoms with Crippen LogP contribution in [0.4, 0.5) is 10.7 Å². The summed E-state index contributed by atoms with van der Waals surface area (Å²) in [5.74, 6) is -0.0828. The van der Waals surface area contributed by atoms with E-state index in [0.717, 1.165) is 35.3 Å². The van der Waals surface area contributed by atoms with E-state index in [2.05, 4.69) is 17.6 Å². The van der Waals surface area contributed by atoms with Gasteiger partial charge in [0.15, 0.2) is 6.10 Å². The molecule has 0 saturated heterocycles. The Labute approximate surface area is 231 Å². The van der Waals surface area contributed by atoms with Gasteiger partial charge < -0.3 is 20.1 Å². The summed E-state index contributed by atoms with van der Waals surface area (Å²) in [6.07, 6.45) is 1.91. The fourth-order valence-electron chi connectivity index (χ4n) is 4.35. The van der Waals surface area contributed by atoms with Crippen LogP contribution in [0.15, 0.2) is 42.5 Å². The van der Waals surface area contributed by atoms with Crippen molar-refractivity contribution < 1.29 is 23.9 Å². The molecule has 1 aromatic heterocycles. The third kappa shape index (κ3) is 6.19. The average molecular weight is 555 g/mol. The molecule has 2 N–H and O–H groups in total. The van der Waals surface area contributed by atoms with E-state index in [9.17, 15) is 14.4 Å². The van der Waals surface area contributed by atoms with Crippen LogP contribution < -0.4 is 15.4 Å². The number of hydrogen-bond donors (Lipinski definition) is 2. The van der Waals surface area contributed by atoms with Crippen molar-refractivity contribution in [2.45, 2.75) is 53.1 Å². The first kappa shape index (κ1) is 27.7. The predicted octanol–water partition coefficient (Wildman–Crippen LogP) is 6.67. The van der Waals surface area contributed by atoms with Crippen LogP contribution in [0.25, 0.3) is 0 Å². The molecule has 7 nitrogen and oxygen atoms in total. The summed E-state index contributed by atoms with van der Waals surface area (Å²) in [5, 5.41) is 6.83. The molecule has 200 valence electrons. The van der Waals surface area contributed by atoms with E-state index in [-0.39, 0.29) is 18.4 Å². The molecular formula is C29H31ClN2O5S. The fourth-order valence-corrected chi connectivity index (χ4v) is 5.92. The number of hydrogen-bond acceptors (Lipinski definition) is 6. The number of ether oxygens (including phenoxy) is 2. The van der Waals surface area contributed by atoms with Crippen LogP contribution >= 0.6 is 22.9 Å². The molecule has 2 amide bonds. The van der Waals surface area contributed by atoms with Crippen molar-refractivity contribution in [1.29, 1.82) is 0 Å². The molecule has 0 fully saturated rings. The van der Waals surface area contributed by atoms with E-state index in [4.69, 9.17) is 21.1 Å². The Bertz CT molecular complexity index is 1350. The summed E-state index contributed by atoms with van der Waals surface area (Å²) >= 11 is 7.58. The lowest BCUT2D eigenvalue weighted by atomic mass is 9.88. The number of carbonyl (C=O) groups is 3. The van der Waals surface area contributed by atoms with Gasteiger partial charge >= 0.3 is 5.97 Å². The Balaban J connectivity index is 1.43. The second kappa shape index (κ2) is 12.0. The Morgan fingerprint density at radius 2 is 1.87 bits per heavy atom. The molecule has 0 aliphatic heterocycles. The summed E-state index contributed by atoms with van der Waals surface area (Å²) in [4.78, 5) is 39.5. The Kier molecular flexibility index (Phi) is 8.74. The zero-order chi connectivity index (χ0) is 27.4. The van der Waals surface area contributed by atoms with Crippen LogP contribution in [0.5, 0.6) is 5.75 Å². The zero-order valence-electron chi connectivity index (χ0n) is 21.9. The van der Waals surface area contributed by atoms with Crippen LogP contribution in [-0.2, 0) is 22.4 Å². The van der Waals surface area contributed by atoms with E-state index in [0.29, 0.717) is 38.5 Å². The second-order valence-electron chi connectivity index (χ2n) is 9.42. The van der Waals surface area contributed by atoms with E-state index in [1.54, 1.807) is 56.3 Å². The lowest BCUT2D eigenvalue weighted by Crippen LogP contribution is -2.30. The maximum atomic E-state index is 13.1. The van der Waals surface area contributed by atoms with Crippen LogP contribution in [0.1, 0.15) is 63.9 Å². The van der Waals surface area contributed by atoms with E-state index in [1.165, 1.54) is 11.3 Å².